The van der Waals surface area contributed by atoms with Gasteiger partial charge in [-0.3, -0.25) is 0 Å². The molecule has 0 aromatic carbocycles. The second-order valence-electron chi connectivity index (χ2n) is 17.2. The van der Waals surface area contributed by atoms with Crippen LogP contribution in [0, 0.1) is 34.5 Å². The average Bonchev–Trinajstić information content (AvgIpc) is 3.09. The largest absolute Gasteiger partial charge is 0.414 e. The van der Waals surface area contributed by atoms with Crippen molar-refractivity contribution in [1.82, 2.24) is 0 Å². The minimum Gasteiger partial charge on any atom is -0.414 e. The first-order chi connectivity index (χ1) is 16.8. The Kier molecular flexibility index (Phi) is 7.79. The van der Waals surface area contributed by atoms with Crippen LogP contribution in [0.5, 0.6) is 0 Å². The van der Waals surface area contributed by atoms with Crippen molar-refractivity contribution < 1.29 is 8.85 Å². The number of rotatable bonds is 4. The van der Waals surface area contributed by atoms with Crippen molar-refractivity contribution in [1.29, 1.82) is 0 Å². The van der Waals surface area contributed by atoms with Crippen molar-refractivity contribution in [2.45, 2.75) is 162 Å². The van der Waals surface area contributed by atoms with Crippen LogP contribution in [0.1, 0.15) is 114 Å². The highest BCUT2D eigenvalue weighted by Crippen LogP contribution is 2.68. The predicted molar refractivity (Wildman–Crippen MR) is 165 cm³/mol. The molecule has 0 heterocycles. The van der Waals surface area contributed by atoms with Gasteiger partial charge in [-0.25, -0.2) is 0 Å². The van der Waals surface area contributed by atoms with Crippen LogP contribution in [0.25, 0.3) is 0 Å². The van der Waals surface area contributed by atoms with E-state index in [1.54, 1.807) is 5.57 Å². The summed E-state index contributed by atoms with van der Waals surface area (Å²) in [6.07, 6.45) is 13.9. The number of fused-ring (bicyclic) bond motifs is 5. The van der Waals surface area contributed by atoms with Gasteiger partial charge in [0.15, 0.2) is 16.6 Å². The van der Waals surface area contributed by atoms with E-state index in [4.69, 9.17) is 8.85 Å². The topological polar surface area (TPSA) is 18.5 Å². The third kappa shape index (κ3) is 5.06. The Morgan fingerprint density at radius 3 is 1.92 bits per heavy atom. The summed E-state index contributed by atoms with van der Waals surface area (Å²) in [5.74, 6) is 3.17. The molecule has 0 amide bonds. The minimum atomic E-state index is -1.87. The molecule has 0 bridgehead atoms. The number of hydrogen-bond acceptors (Lipinski definition) is 2. The van der Waals surface area contributed by atoms with Gasteiger partial charge in [0.1, 0.15) is 0 Å². The summed E-state index contributed by atoms with van der Waals surface area (Å²) < 4.78 is 14.6. The highest BCUT2D eigenvalue weighted by Gasteiger charge is 2.62. The van der Waals surface area contributed by atoms with Crippen LogP contribution < -0.4 is 0 Å². The molecule has 0 radical (unpaired) electrons. The Hall–Kier alpha value is 0.0938. The van der Waals surface area contributed by atoms with Crippen LogP contribution in [-0.4, -0.2) is 28.8 Å². The van der Waals surface area contributed by atoms with E-state index in [9.17, 15) is 0 Å². The van der Waals surface area contributed by atoms with Crippen LogP contribution in [0.3, 0.4) is 0 Å². The van der Waals surface area contributed by atoms with Crippen molar-refractivity contribution in [3.05, 3.63) is 11.6 Å². The fourth-order valence-electron chi connectivity index (χ4n) is 8.94. The van der Waals surface area contributed by atoms with Crippen LogP contribution in [0.15, 0.2) is 11.6 Å². The van der Waals surface area contributed by atoms with E-state index in [1.807, 2.05) is 0 Å². The minimum absolute atomic E-state index is 0.249. The monoisotopic (exact) mass is 546 g/mol. The lowest BCUT2D eigenvalue weighted by Crippen LogP contribution is -2.61. The molecule has 4 aliphatic rings. The van der Waals surface area contributed by atoms with E-state index in [2.05, 4.69) is 94.6 Å². The standard InChI is InChI=1S/C33H62O2Si2/c1-14-23-15-16-26-25-22-29(35-37(12,13)31(5,6)7)28-21-24(34-36(10,11)30(2,3)4)17-19-33(28,9)27(25)18-20-32(23,26)8/h14,24-29H,15-22H2,1-13H3/b23-14-/t24-,25-,26-,27-,28+,29-,32+,33+/m0/s1. The Morgan fingerprint density at radius 2 is 1.35 bits per heavy atom. The maximum Gasteiger partial charge on any atom is 0.192 e. The van der Waals surface area contributed by atoms with E-state index in [1.165, 1.54) is 51.4 Å². The van der Waals surface area contributed by atoms with Gasteiger partial charge in [-0.2, -0.15) is 0 Å². The summed E-state index contributed by atoms with van der Waals surface area (Å²) in [4.78, 5) is 0. The van der Waals surface area contributed by atoms with E-state index in [-0.39, 0.29) is 10.1 Å². The molecule has 37 heavy (non-hydrogen) atoms. The fourth-order valence-corrected chi connectivity index (χ4v) is 11.7. The van der Waals surface area contributed by atoms with E-state index >= 15 is 0 Å². The molecule has 2 nitrogen and oxygen atoms in total. The average molecular weight is 547 g/mol. The second kappa shape index (κ2) is 9.59. The van der Waals surface area contributed by atoms with Crippen molar-refractivity contribution in [3.8, 4) is 0 Å². The molecule has 0 aromatic rings. The van der Waals surface area contributed by atoms with Gasteiger partial charge in [-0.05, 0) is 129 Å². The molecule has 4 rings (SSSR count). The summed E-state index contributed by atoms with van der Waals surface area (Å²) >= 11 is 0. The van der Waals surface area contributed by atoms with Gasteiger partial charge >= 0.3 is 0 Å². The third-order valence-corrected chi connectivity index (χ3v) is 22.4. The highest BCUT2D eigenvalue weighted by atomic mass is 28.4. The first-order valence-electron chi connectivity index (χ1n) is 15.8. The zero-order valence-electron chi connectivity index (χ0n) is 27.0. The van der Waals surface area contributed by atoms with Gasteiger partial charge in [0.25, 0.3) is 0 Å². The summed E-state index contributed by atoms with van der Waals surface area (Å²) in [6.45, 7) is 31.9. The highest BCUT2D eigenvalue weighted by molar-refractivity contribution is 6.74. The van der Waals surface area contributed by atoms with Gasteiger partial charge in [-0.1, -0.05) is 67.0 Å². The Morgan fingerprint density at radius 1 is 0.757 bits per heavy atom. The number of allylic oxidation sites excluding steroid dienone is 2. The molecule has 4 aliphatic carbocycles. The summed E-state index contributed by atoms with van der Waals surface area (Å²) in [5.41, 5.74) is 2.59. The van der Waals surface area contributed by atoms with Crippen LogP contribution >= 0.6 is 0 Å². The van der Waals surface area contributed by atoms with Gasteiger partial charge < -0.3 is 8.85 Å². The summed E-state index contributed by atoms with van der Waals surface area (Å²) in [7, 11) is -3.66. The smallest absolute Gasteiger partial charge is 0.192 e. The van der Waals surface area contributed by atoms with Gasteiger partial charge in [-0.15, -0.1) is 0 Å². The van der Waals surface area contributed by atoms with E-state index < -0.39 is 16.6 Å². The van der Waals surface area contributed by atoms with Gasteiger partial charge in [0.05, 0.1) is 0 Å². The summed E-state index contributed by atoms with van der Waals surface area (Å²) in [6, 6.07) is 0. The van der Waals surface area contributed by atoms with Crippen molar-refractivity contribution in [2.24, 2.45) is 34.5 Å². The Balaban J connectivity index is 1.67. The number of hydrogen-bond donors (Lipinski definition) is 0. The molecule has 4 saturated carbocycles. The van der Waals surface area contributed by atoms with Crippen molar-refractivity contribution in [2.75, 3.05) is 0 Å². The van der Waals surface area contributed by atoms with Crippen LogP contribution in [0.2, 0.25) is 36.3 Å². The molecule has 4 fully saturated rings. The van der Waals surface area contributed by atoms with Crippen LogP contribution in [0.4, 0.5) is 0 Å². The van der Waals surface area contributed by atoms with E-state index in [0.717, 1.165) is 17.8 Å². The maximum atomic E-state index is 7.49. The molecular weight excluding hydrogens is 485 g/mol. The lowest BCUT2D eigenvalue weighted by Gasteiger charge is -2.63. The summed E-state index contributed by atoms with van der Waals surface area (Å²) in [5, 5.41) is 0.516. The zero-order valence-corrected chi connectivity index (χ0v) is 29.0. The third-order valence-electron chi connectivity index (χ3n) is 13.3. The first kappa shape index (κ1) is 30.1. The fraction of sp³-hybridized carbons (Fsp3) is 0.939. The maximum absolute atomic E-state index is 7.49. The van der Waals surface area contributed by atoms with Gasteiger partial charge in [0.2, 0.25) is 0 Å². The second-order valence-corrected chi connectivity index (χ2v) is 26.7. The van der Waals surface area contributed by atoms with Crippen molar-refractivity contribution in [3.63, 3.8) is 0 Å². The Labute approximate surface area is 233 Å². The lowest BCUT2D eigenvalue weighted by molar-refractivity contribution is -0.159. The van der Waals surface area contributed by atoms with Crippen molar-refractivity contribution >= 4 is 16.6 Å². The Bertz CT molecular complexity index is 878. The zero-order chi connectivity index (χ0) is 27.8. The van der Waals surface area contributed by atoms with E-state index in [0.29, 0.717) is 29.0 Å². The molecule has 0 unspecified atom stereocenters. The predicted octanol–water partition coefficient (Wildman–Crippen LogP) is 10.4. The molecule has 0 saturated heterocycles. The molecule has 0 N–H and O–H groups in total. The van der Waals surface area contributed by atoms with Gasteiger partial charge in [0, 0.05) is 12.2 Å². The molecule has 8 atom stereocenters. The first-order valence-corrected chi connectivity index (χ1v) is 21.6. The molecule has 0 aromatic heterocycles. The SMILES string of the molecule is C/C=C1/CC[C@H]2[C@@H]3C[C@H](O[Si](C)(C)C(C)(C)C)[C@H]4C[C@@H](O[Si](C)(C)C(C)(C)C)CC[C@]4(C)[C@H]3CC[C@]12C. The molecule has 0 aliphatic heterocycles. The molecule has 214 valence electrons. The molecule has 4 heteroatoms. The normalized spacial score (nSPS) is 42.4. The molecule has 0 spiro atoms. The molecular formula is C33H62O2Si2. The quantitative estimate of drug-likeness (QED) is 0.258. The van der Waals surface area contributed by atoms with Crippen LogP contribution in [-0.2, 0) is 8.85 Å². The lowest BCUT2D eigenvalue weighted by atomic mass is 9.44.